The molecule has 0 aromatic carbocycles. The Kier molecular flexibility index (Phi) is 52.9. The van der Waals surface area contributed by atoms with E-state index in [0.717, 1.165) is 75.5 Å². The highest BCUT2D eigenvalue weighted by Crippen LogP contribution is 2.19. The quantitative estimate of drug-likeness (QED) is 0.0343. The summed E-state index contributed by atoms with van der Waals surface area (Å²) < 4.78 is 16.9. The molecule has 0 aromatic heterocycles. The third kappa shape index (κ3) is 57.2. The van der Waals surface area contributed by atoms with Crippen molar-refractivity contribution in [3.8, 4) is 0 Å². The predicted octanol–water partition coefficient (Wildman–Crippen LogP) is 20.7. The van der Waals surface area contributed by atoms with Crippen LogP contribution in [-0.2, 0) is 28.6 Å². The zero-order chi connectivity index (χ0) is 50.5. The van der Waals surface area contributed by atoms with Crippen LogP contribution in [0.4, 0.5) is 0 Å². The molecule has 6 heteroatoms. The van der Waals surface area contributed by atoms with Crippen molar-refractivity contribution in [2.75, 3.05) is 13.2 Å². The van der Waals surface area contributed by atoms with Gasteiger partial charge in [0.25, 0.3) is 0 Å². The number of unbranched alkanes of at least 4 members (excludes halogenated alkanes) is 39. The molecule has 0 N–H and O–H groups in total. The average Bonchev–Trinajstić information content (AvgIpc) is 3.31. The molecule has 0 aromatic rings. The first-order chi connectivity index (χ1) is 33.6. The van der Waals surface area contributed by atoms with Gasteiger partial charge in [-0.15, -0.1) is 0 Å². The zero-order valence-corrected chi connectivity index (χ0v) is 47.6. The summed E-state index contributed by atoms with van der Waals surface area (Å²) in [6, 6.07) is 0. The first-order valence-electron chi connectivity index (χ1n) is 31.1. The lowest BCUT2D eigenvalue weighted by Gasteiger charge is -2.18. The van der Waals surface area contributed by atoms with Crippen LogP contribution in [0, 0.1) is 17.8 Å². The van der Waals surface area contributed by atoms with Crippen LogP contribution >= 0.6 is 0 Å². The first kappa shape index (κ1) is 67.4. The fraction of sp³-hybridized carbons (Fsp3) is 0.952. The molecule has 0 saturated heterocycles. The van der Waals surface area contributed by atoms with Crippen molar-refractivity contribution in [2.24, 2.45) is 17.8 Å². The molecule has 0 aliphatic carbocycles. The van der Waals surface area contributed by atoms with Crippen molar-refractivity contribution in [1.29, 1.82) is 0 Å². The number of carbonyl (C=O) groups is 3. The molecule has 1 atom stereocenters. The maximum absolute atomic E-state index is 12.9. The van der Waals surface area contributed by atoms with E-state index in [2.05, 4.69) is 41.5 Å². The third-order valence-corrected chi connectivity index (χ3v) is 14.4. The smallest absolute Gasteiger partial charge is 0.306 e. The molecule has 0 fully saturated rings. The van der Waals surface area contributed by atoms with E-state index in [9.17, 15) is 14.4 Å². The molecule has 0 bridgehead atoms. The van der Waals surface area contributed by atoms with Gasteiger partial charge in [0.1, 0.15) is 13.2 Å². The molecule has 0 saturated carbocycles. The van der Waals surface area contributed by atoms with Gasteiger partial charge in [-0.25, -0.2) is 0 Å². The van der Waals surface area contributed by atoms with Crippen molar-refractivity contribution < 1.29 is 28.6 Å². The van der Waals surface area contributed by atoms with Gasteiger partial charge >= 0.3 is 17.9 Å². The lowest BCUT2D eigenvalue weighted by Crippen LogP contribution is -2.30. The minimum absolute atomic E-state index is 0.0632. The van der Waals surface area contributed by atoms with Gasteiger partial charge in [-0.3, -0.25) is 14.4 Å². The summed E-state index contributed by atoms with van der Waals surface area (Å²) in [6.07, 6.45) is 58.3. The van der Waals surface area contributed by atoms with Crippen molar-refractivity contribution in [3.63, 3.8) is 0 Å². The fourth-order valence-electron chi connectivity index (χ4n) is 9.71. The van der Waals surface area contributed by atoms with Crippen LogP contribution in [0.3, 0.4) is 0 Å². The molecule has 0 spiro atoms. The van der Waals surface area contributed by atoms with Crippen molar-refractivity contribution in [1.82, 2.24) is 0 Å². The number of carbonyl (C=O) groups excluding carboxylic acids is 3. The molecule has 0 radical (unpaired) electrons. The monoisotopic (exact) mass is 975 g/mol. The maximum atomic E-state index is 12.9. The molecule has 6 nitrogen and oxygen atoms in total. The highest BCUT2D eigenvalue weighted by atomic mass is 16.6. The summed E-state index contributed by atoms with van der Waals surface area (Å²) in [6.45, 7) is 13.8. The number of hydrogen-bond donors (Lipinski definition) is 0. The van der Waals surface area contributed by atoms with Crippen LogP contribution in [0.5, 0.6) is 0 Å². The summed E-state index contributed by atoms with van der Waals surface area (Å²) >= 11 is 0. The Morgan fingerprint density at radius 3 is 0.623 bits per heavy atom. The molecule has 0 rings (SSSR count). The van der Waals surface area contributed by atoms with Gasteiger partial charge in [-0.05, 0) is 37.0 Å². The van der Waals surface area contributed by atoms with E-state index in [-0.39, 0.29) is 31.1 Å². The van der Waals surface area contributed by atoms with Crippen molar-refractivity contribution >= 4 is 17.9 Å². The second-order valence-electron chi connectivity index (χ2n) is 23.1. The summed E-state index contributed by atoms with van der Waals surface area (Å²) in [5, 5.41) is 0. The average molecular weight is 976 g/mol. The lowest BCUT2D eigenvalue weighted by molar-refractivity contribution is -0.167. The van der Waals surface area contributed by atoms with Crippen molar-refractivity contribution in [3.05, 3.63) is 0 Å². The molecule has 0 heterocycles. The van der Waals surface area contributed by atoms with Crippen LogP contribution in [0.25, 0.3) is 0 Å². The van der Waals surface area contributed by atoms with Gasteiger partial charge in [0.15, 0.2) is 6.10 Å². The second kappa shape index (κ2) is 54.2. The number of rotatable bonds is 56. The Bertz CT molecular complexity index is 1070. The Balaban J connectivity index is 4.22. The molecule has 410 valence electrons. The Labute approximate surface area is 431 Å². The lowest BCUT2D eigenvalue weighted by atomic mass is 10.0. The molecule has 0 aliphatic heterocycles. The maximum Gasteiger partial charge on any atom is 0.306 e. The second-order valence-corrected chi connectivity index (χ2v) is 23.1. The minimum atomic E-state index is -0.764. The zero-order valence-electron chi connectivity index (χ0n) is 47.6. The molecule has 0 unspecified atom stereocenters. The normalized spacial score (nSPS) is 12.1. The van der Waals surface area contributed by atoms with Gasteiger partial charge in [-0.2, -0.15) is 0 Å². The molecule has 69 heavy (non-hydrogen) atoms. The SMILES string of the molecule is CC(C)CCCCCCCCCCCCCCCCCCCCC(=O)OC[C@@H](COC(=O)CCCCCCCCCCC(C)C)OC(=O)CCCCCCCCCCCCCCCCCCC(C)C. The molecule has 0 amide bonds. The van der Waals surface area contributed by atoms with E-state index in [1.54, 1.807) is 0 Å². The highest BCUT2D eigenvalue weighted by Gasteiger charge is 2.19. The van der Waals surface area contributed by atoms with Crippen molar-refractivity contribution in [2.45, 2.75) is 356 Å². The fourth-order valence-corrected chi connectivity index (χ4v) is 9.71. The van der Waals surface area contributed by atoms with E-state index in [1.165, 1.54) is 231 Å². The van der Waals surface area contributed by atoms with Crippen LogP contribution in [0.2, 0.25) is 0 Å². The van der Waals surface area contributed by atoms with E-state index in [1.807, 2.05) is 0 Å². The third-order valence-electron chi connectivity index (χ3n) is 14.4. The van der Waals surface area contributed by atoms with E-state index in [4.69, 9.17) is 14.2 Å². The Morgan fingerprint density at radius 2 is 0.420 bits per heavy atom. The largest absolute Gasteiger partial charge is 0.462 e. The summed E-state index contributed by atoms with van der Waals surface area (Å²) in [7, 11) is 0. The summed E-state index contributed by atoms with van der Waals surface area (Å²) in [5.74, 6) is 1.67. The molecular weight excluding hydrogens is 853 g/mol. The Hall–Kier alpha value is -1.59. The number of esters is 3. The van der Waals surface area contributed by atoms with E-state index >= 15 is 0 Å². The van der Waals surface area contributed by atoms with Crippen LogP contribution in [0.1, 0.15) is 350 Å². The molecular formula is C63H122O6. The predicted molar refractivity (Wildman–Crippen MR) is 298 cm³/mol. The summed E-state index contributed by atoms with van der Waals surface area (Å²) in [5.41, 5.74) is 0. The van der Waals surface area contributed by atoms with Crippen LogP contribution < -0.4 is 0 Å². The Morgan fingerprint density at radius 1 is 0.246 bits per heavy atom. The van der Waals surface area contributed by atoms with Gasteiger partial charge < -0.3 is 14.2 Å². The van der Waals surface area contributed by atoms with E-state index in [0.29, 0.717) is 19.3 Å². The van der Waals surface area contributed by atoms with Gasteiger partial charge in [-0.1, -0.05) is 311 Å². The topological polar surface area (TPSA) is 78.9 Å². The van der Waals surface area contributed by atoms with Gasteiger partial charge in [0, 0.05) is 19.3 Å². The highest BCUT2D eigenvalue weighted by molar-refractivity contribution is 5.71. The van der Waals surface area contributed by atoms with E-state index < -0.39 is 6.10 Å². The summed E-state index contributed by atoms with van der Waals surface area (Å²) in [4.78, 5) is 38.2. The first-order valence-corrected chi connectivity index (χ1v) is 31.1. The molecule has 0 aliphatic rings. The van der Waals surface area contributed by atoms with Crippen LogP contribution in [-0.4, -0.2) is 37.2 Å². The van der Waals surface area contributed by atoms with Gasteiger partial charge in [0.05, 0.1) is 0 Å². The minimum Gasteiger partial charge on any atom is -0.462 e. The number of ether oxygens (including phenoxy) is 3. The van der Waals surface area contributed by atoms with Gasteiger partial charge in [0.2, 0.25) is 0 Å². The standard InChI is InChI=1S/C63H122O6/c1-57(2)49-43-37-31-25-21-17-13-9-7-8-10-15-19-23-27-34-40-46-52-61(64)67-55-60(56-68-62(65)53-47-41-35-30-29-33-39-45-51-59(5)6)69-63(66)54-48-42-36-28-24-20-16-12-11-14-18-22-26-32-38-44-50-58(3)4/h57-60H,7-56H2,1-6H3/t60-/m0/s1. The van der Waals surface area contributed by atoms with Crippen LogP contribution in [0.15, 0.2) is 0 Å². The number of hydrogen-bond acceptors (Lipinski definition) is 6.